The molecule has 7 heteroatoms. The summed E-state index contributed by atoms with van der Waals surface area (Å²) in [4.78, 5) is 15.9. The largest absolute Gasteiger partial charge is 0.358 e. The third-order valence-corrected chi connectivity index (χ3v) is 5.83. The topological polar surface area (TPSA) is 91.1 Å². The van der Waals surface area contributed by atoms with Crippen molar-refractivity contribution < 1.29 is 13.2 Å². The number of anilines is 1. The number of rotatable bonds is 7. The Bertz CT molecular complexity index is 1050. The summed E-state index contributed by atoms with van der Waals surface area (Å²) in [6.07, 6.45) is 0.967. The molecular weight excluding hydrogens is 362 g/mol. The van der Waals surface area contributed by atoms with E-state index in [4.69, 9.17) is 0 Å². The SMILES string of the molecule is CCCNS(=O)(=O)c1ccc(NC(=O)Cc2c(C)[nH]c3ccccc23)cc1. The lowest BCUT2D eigenvalue weighted by molar-refractivity contribution is -0.115. The average Bonchev–Trinajstić information content (AvgIpc) is 2.96. The number of benzene rings is 2. The lowest BCUT2D eigenvalue weighted by Crippen LogP contribution is -2.24. The zero-order valence-electron chi connectivity index (χ0n) is 15.4. The Morgan fingerprint density at radius 3 is 2.48 bits per heavy atom. The highest BCUT2D eigenvalue weighted by Gasteiger charge is 2.14. The summed E-state index contributed by atoms with van der Waals surface area (Å²) in [5.74, 6) is -0.150. The van der Waals surface area contributed by atoms with Crippen LogP contribution in [0, 0.1) is 6.92 Å². The zero-order valence-corrected chi connectivity index (χ0v) is 16.2. The molecule has 0 fully saturated rings. The Balaban J connectivity index is 1.70. The van der Waals surface area contributed by atoms with Gasteiger partial charge >= 0.3 is 0 Å². The Morgan fingerprint density at radius 1 is 1.07 bits per heavy atom. The molecule has 0 aliphatic heterocycles. The fraction of sp³-hybridized carbons (Fsp3) is 0.250. The second-order valence-electron chi connectivity index (χ2n) is 6.42. The van der Waals surface area contributed by atoms with Crippen LogP contribution >= 0.6 is 0 Å². The van der Waals surface area contributed by atoms with Crippen molar-refractivity contribution in [3.8, 4) is 0 Å². The van der Waals surface area contributed by atoms with Gasteiger partial charge in [-0.05, 0) is 49.2 Å². The Kier molecular flexibility index (Phi) is 5.62. The fourth-order valence-electron chi connectivity index (χ4n) is 2.97. The van der Waals surface area contributed by atoms with E-state index in [2.05, 4.69) is 15.0 Å². The first-order valence-corrected chi connectivity index (χ1v) is 10.3. The van der Waals surface area contributed by atoms with Crippen LogP contribution in [-0.4, -0.2) is 25.9 Å². The smallest absolute Gasteiger partial charge is 0.240 e. The molecule has 0 saturated heterocycles. The van der Waals surface area contributed by atoms with E-state index in [0.717, 1.165) is 28.6 Å². The summed E-state index contributed by atoms with van der Waals surface area (Å²) < 4.78 is 26.7. The number of aromatic nitrogens is 1. The number of nitrogens with one attached hydrogen (secondary N) is 3. The van der Waals surface area contributed by atoms with E-state index in [1.54, 1.807) is 12.1 Å². The Hall–Kier alpha value is -2.64. The molecule has 3 rings (SSSR count). The third kappa shape index (κ3) is 4.37. The van der Waals surface area contributed by atoms with Crippen LogP contribution in [0.4, 0.5) is 5.69 Å². The van der Waals surface area contributed by atoms with E-state index in [1.807, 2.05) is 38.1 Å². The summed E-state index contributed by atoms with van der Waals surface area (Å²) >= 11 is 0. The van der Waals surface area contributed by atoms with Gasteiger partial charge in [0.2, 0.25) is 15.9 Å². The molecule has 6 nitrogen and oxygen atoms in total. The lowest BCUT2D eigenvalue weighted by atomic mass is 10.1. The molecule has 0 unspecified atom stereocenters. The molecule has 0 bridgehead atoms. The predicted octanol–water partition coefficient (Wildman–Crippen LogP) is 3.35. The number of amides is 1. The maximum absolute atomic E-state index is 12.4. The number of fused-ring (bicyclic) bond motifs is 1. The summed E-state index contributed by atoms with van der Waals surface area (Å²) in [5.41, 5.74) is 3.50. The van der Waals surface area contributed by atoms with E-state index in [9.17, 15) is 13.2 Å². The van der Waals surface area contributed by atoms with Crippen LogP contribution in [0.5, 0.6) is 0 Å². The van der Waals surface area contributed by atoms with Crippen LogP contribution in [0.3, 0.4) is 0 Å². The molecule has 1 aromatic heterocycles. The summed E-state index contributed by atoms with van der Waals surface area (Å²) in [7, 11) is -3.51. The average molecular weight is 385 g/mol. The predicted molar refractivity (Wildman–Crippen MR) is 107 cm³/mol. The summed E-state index contributed by atoms with van der Waals surface area (Å²) in [6, 6.07) is 14.0. The molecule has 0 radical (unpaired) electrons. The van der Waals surface area contributed by atoms with E-state index >= 15 is 0 Å². The van der Waals surface area contributed by atoms with Crippen LogP contribution < -0.4 is 10.0 Å². The molecule has 0 aliphatic carbocycles. The van der Waals surface area contributed by atoms with E-state index < -0.39 is 10.0 Å². The van der Waals surface area contributed by atoms with Gasteiger partial charge in [-0.1, -0.05) is 25.1 Å². The van der Waals surface area contributed by atoms with Gasteiger partial charge in [-0.25, -0.2) is 13.1 Å². The highest BCUT2D eigenvalue weighted by atomic mass is 32.2. The van der Waals surface area contributed by atoms with Crippen LogP contribution in [0.25, 0.3) is 10.9 Å². The molecule has 27 heavy (non-hydrogen) atoms. The number of aromatic amines is 1. The minimum absolute atomic E-state index is 0.150. The van der Waals surface area contributed by atoms with Gasteiger partial charge in [0.1, 0.15) is 0 Å². The van der Waals surface area contributed by atoms with E-state index in [1.165, 1.54) is 12.1 Å². The van der Waals surface area contributed by atoms with Gasteiger partial charge in [0.15, 0.2) is 0 Å². The first-order chi connectivity index (χ1) is 12.9. The highest BCUT2D eigenvalue weighted by molar-refractivity contribution is 7.89. The van der Waals surface area contributed by atoms with Crippen molar-refractivity contribution in [2.75, 3.05) is 11.9 Å². The number of carbonyl (C=O) groups is 1. The van der Waals surface area contributed by atoms with Crippen molar-refractivity contribution in [2.45, 2.75) is 31.6 Å². The first-order valence-electron chi connectivity index (χ1n) is 8.86. The second-order valence-corrected chi connectivity index (χ2v) is 8.19. The fourth-order valence-corrected chi connectivity index (χ4v) is 4.10. The summed E-state index contributed by atoms with van der Waals surface area (Å²) in [5, 5.41) is 3.86. The molecule has 1 amide bonds. The summed E-state index contributed by atoms with van der Waals surface area (Å²) in [6.45, 7) is 4.24. The second kappa shape index (κ2) is 7.94. The molecule has 0 spiro atoms. The van der Waals surface area contributed by atoms with Gasteiger partial charge in [0.25, 0.3) is 0 Å². The van der Waals surface area contributed by atoms with Gasteiger partial charge in [-0.3, -0.25) is 4.79 Å². The maximum atomic E-state index is 12.4. The minimum atomic E-state index is -3.51. The van der Waals surface area contributed by atoms with Gasteiger partial charge in [0, 0.05) is 28.8 Å². The van der Waals surface area contributed by atoms with Gasteiger partial charge in [-0.15, -0.1) is 0 Å². The van der Waals surface area contributed by atoms with Crippen LogP contribution in [0.2, 0.25) is 0 Å². The van der Waals surface area contributed by atoms with Crippen LogP contribution in [0.15, 0.2) is 53.4 Å². The van der Waals surface area contributed by atoms with Gasteiger partial charge in [-0.2, -0.15) is 0 Å². The molecule has 0 atom stereocenters. The molecule has 142 valence electrons. The molecule has 3 N–H and O–H groups in total. The quantitative estimate of drug-likeness (QED) is 0.582. The van der Waals surface area contributed by atoms with Crippen molar-refractivity contribution >= 4 is 32.5 Å². The first kappa shape index (κ1) is 19.1. The number of hydrogen-bond donors (Lipinski definition) is 3. The molecule has 1 heterocycles. The molecule has 0 aliphatic rings. The third-order valence-electron chi connectivity index (χ3n) is 4.35. The number of sulfonamides is 1. The standard InChI is InChI=1S/C20H23N3O3S/c1-3-12-21-27(25,26)16-10-8-15(9-11-16)23-20(24)13-18-14(2)22-19-7-5-4-6-17(18)19/h4-11,21-22H,3,12-13H2,1-2H3,(H,23,24). The maximum Gasteiger partial charge on any atom is 0.240 e. The van der Waals surface area contributed by atoms with Crippen molar-refractivity contribution in [3.63, 3.8) is 0 Å². The molecular formula is C20H23N3O3S. The number of carbonyl (C=O) groups excluding carboxylic acids is 1. The Labute approximate surface area is 159 Å². The Morgan fingerprint density at radius 2 is 1.78 bits per heavy atom. The number of H-pyrrole nitrogens is 1. The van der Waals surface area contributed by atoms with E-state index in [-0.39, 0.29) is 17.2 Å². The number of aryl methyl sites for hydroxylation is 1. The van der Waals surface area contributed by atoms with Crippen molar-refractivity contribution in [2.24, 2.45) is 0 Å². The van der Waals surface area contributed by atoms with Crippen LogP contribution in [0.1, 0.15) is 24.6 Å². The van der Waals surface area contributed by atoms with Crippen molar-refractivity contribution in [3.05, 3.63) is 59.8 Å². The molecule has 2 aromatic carbocycles. The van der Waals surface area contributed by atoms with E-state index in [0.29, 0.717) is 12.2 Å². The molecule has 0 saturated carbocycles. The van der Waals surface area contributed by atoms with Gasteiger partial charge in [0.05, 0.1) is 11.3 Å². The van der Waals surface area contributed by atoms with Crippen molar-refractivity contribution in [1.29, 1.82) is 0 Å². The van der Waals surface area contributed by atoms with Crippen LogP contribution in [-0.2, 0) is 21.2 Å². The minimum Gasteiger partial charge on any atom is -0.358 e. The zero-order chi connectivity index (χ0) is 19.4. The monoisotopic (exact) mass is 385 g/mol. The number of para-hydroxylation sites is 1. The van der Waals surface area contributed by atoms with Gasteiger partial charge < -0.3 is 10.3 Å². The molecule has 3 aromatic rings. The lowest BCUT2D eigenvalue weighted by Gasteiger charge is -2.08. The highest BCUT2D eigenvalue weighted by Crippen LogP contribution is 2.23. The van der Waals surface area contributed by atoms with Crippen molar-refractivity contribution in [1.82, 2.24) is 9.71 Å². The normalized spacial score (nSPS) is 11.6. The number of hydrogen-bond acceptors (Lipinski definition) is 3.